The SMILES string of the molecule is Fc1ccccc1-c1cc2c(s1)CNCC2. The molecule has 1 aliphatic heterocycles. The van der Waals surface area contributed by atoms with Crippen molar-refractivity contribution in [3.8, 4) is 10.4 Å². The molecule has 0 spiro atoms. The highest BCUT2D eigenvalue weighted by Gasteiger charge is 2.15. The van der Waals surface area contributed by atoms with Crippen molar-refractivity contribution < 1.29 is 4.39 Å². The quantitative estimate of drug-likeness (QED) is 0.797. The van der Waals surface area contributed by atoms with Crippen LogP contribution in [0.3, 0.4) is 0 Å². The second-order valence-corrected chi connectivity index (χ2v) is 5.10. The minimum atomic E-state index is -0.131. The van der Waals surface area contributed by atoms with Gasteiger partial charge in [-0.25, -0.2) is 4.39 Å². The summed E-state index contributed by atoms with van der Waals surface area (Å²) in [5.74, 6) is -0.131. The lowest BCUT2D eigenvalue weighted by Gasteiger charge is -2.10. The smallest absolute Gasteiger partial charge is 0.131 e. The molecule has 16 heavy (non-hydrogen) atoms. The molecule has 0 unspecified atom stereocenters. The number of rotatable bonds is 1. The standard InChI is InChI=1S/C13H12FNS/c14-11-4-2-1-3-10(11)12-7-9-5-6-15-8-13(9)16-12/h1-4,7,15H,5-6,8H2. The van der Waals surface area contributed by atoms with Gasteiger partial charge in [-0.05, 0) is 30.7 Å². The molecule has 0 amide bonds. The molecular formula is C13H12FNS. The summed E-state index contributed by atoms with van der Waals surface area (Å²) in [6.45, 7) is 1.95. The lowest BCUT2D eigenvalue weighted by Crippen LogP contribution is -2.21. The van der Waals surface area contributed by atoms with Gasteiger partial charge in [0.25, 0.3) is 0 Å². The van der Waals surface area contributed by atoms with E-state index in [9.17, 15) is 4.39 Å². The average molecular weight is 233 g/mol. The van der Waals surface area contributed by atoms with Crippen molar-refractivity contribution in [3.05, 3.63) is 46.6 Å². The van der Waals surface area contributed by atoms with Crippen molar-refractivity contribution in [2.45, 2.75) is 13.0 Å². The Morgan fingerprint density at radius 2 is 2.12 bits per heavy atom. The monoisotopic (exact) mass is 233 g/mol. The first kappa shape index (κ1) is 10.00. The van der Waals surface area contributed by atoms with E-state index in [0.29, 0.717) is 0 Å². The van der Waals surface area contributed by atoms with Crippen molar-refractivity contribution in [1.29, 1.82) is 0 Å². The van der Waals surface area contributed by atoms with Gasteiger partial charge in [0.2, 0.25) is 0 Å². The molecule has 1 aromatic heterocycles. The molecule has 3 rings (SSSR count). The van der Waals surface area contributed by atoms with Crippen LogP contribution in [0.15, 0.2) is 30.3 Å². The lowest BCUT2D eigenvalue weighted by atomic mass is 10.1. The van der Waals surface area contributed by atoms with Crippen molar-refractivity contribution >= 4 is 11.3 Å². The third-order valence-corrected chi connectivity index (χ3v) is 4.10. The van der Waals surface area contributed by atoms with Gasteiger partial charge < -0.3 is 5.32 Å². The number of benzene rings is 1. The molecule has 0 saturated carbocycles. The first-order valence-electron chi connectivity index (χ1n) is 5.42. The van der Waals surface area contributed by atoms with E-state index in [1.165, 1.54) is 16.5 Å². The zero-order valence-corrected chi connectivity index (χ0v) is 9.61. The zero-order valence-electron chi connectivity index (χ0n) is 8.79. The summed E-state index contributed by atoms with van der Waals surface area (Å²) in [6.07, 6.45) is 1.06. The van der Waals surface area contributed by atoms with Crippen molar-refractivity contribution in [2.75, 3.05) is 6.54 Å². The Hall–Kier alpha value is -1.19. The number of hydrogen-bond donors (Lipinski definition) is 1. The highest BCUT2D eigenvalue weighted by molar-refractivity contribution is 7.15. The van der Waals surface area contributed by atoms with E-state index in [-0.39, 0.29) is 5.82 Å². The Morgan fingerprint density at radius 1 is 1.25 bits per heavy atom. The fourth-order valence-electron chi connectivity index (χ4n) is 2.05. The normalized spacial score (nSPS) is 14.8. The zero-order chi connectivity index (χ0) is 11.0. The predicted octanol–water partition coefficient (Wildman–Crippen LogP) is 3.20. The Kier molecular flexibility index (Phi) is 2.50. The molecule has 1 aromatic carbocycles. The Balaban J connectivity index is 2.07. The summed E-state index contributed by atoms with van der Waals surface area (Å²) in [7, 11) is 0. The number of hydrogen-bond acceptors (Lipinski definition) is 2. The third kappa shape index (κ3) is 1.66. The number of fused-ring (bicyclic) bond motifs is 1. The summed E-state index contributed by atoms with van der Waals surface area (Å²) in [5, 5.41) is 3.34. The Morgan fingerprint density at radius 3 is 2.94 bits per heavy atom. The maximum Gasteiger partial charge on any atom is 0.131 e. The van der Waals surface area contributed by atoms with E-state index in [1.54, 1.807) is 17.4 Å². The maximum atomic E-state index is 13.6. The van der Waals surface area contributed by atoms with Crippen LogP contribution in [-0.4, -0.2) is 6.54 Å². The highest BCUT2D eigenvalue weighted by atomic mass is 32.1. The van der Waals surface area contributed by atoms with Gasteiger partial charge >= 0.3 is 0 Å². The lowest BCUT2D eigenvalue weighted by molar-refractivity contribution is 0.631. The molecule has 0 saturated heterocycles. The van der Waals surface area contributed by atoms with Gasteiger partial charge in [-0.1, -0.05) is 18.2 Å². The Labute approximate surface area is 97.9 Å². The molecule has 0 atom stereocenters. The maximum absolute atomic E-state index is 13.6. The molecular weight excluding hydrogens is 221 g/mol. The highest BCUT2D eigenvalue weighted by Crippen LogP contribution is 2.34. The molecule has 3 heteroatoms. The molecule has 0 aliphatic carbocycles. The van der Waals surface area contributed by atoms with Crippen LogP contribution in [0.5, 0.6) is 0 Å². The van der Waals surface area contributed by atoms with Crippen LogP contribution in [0, 0.1) is 5.82 Å². The molecule has 2 aromatic rings. The van der Waals surface area contributed by atoms with Crippen molar-refractivity contribution in [3.63, 3.8) is 0 Å². The molecule has 0 bridgehead atoms. The van der Waals surface area contributed by atoms with Crippen LogP contribution in [0.25, 0.3) is 10.4 Å². The minimum absolute atomic E-state index is 0.131. The van der Waals surface area contributed by atoms with E-state index in [1.807, 2.05) is 12.1 Å². The van der Waals surface area contributed by atoms with Crippen LogP contribution >= 0.6 is 11.3 Å². The van der Waals surface area contributed by atoms with Crippen LogP contribution in [-0.2, 0) is 13.0 Å². The molecule has 1 N–H and O–H groups in total. The second-order valence-electron chi connectivity index (χ2n) is 3.97. The van der Waals surface area contributed by atoms with E-state index in [0.717, 1.165) is 30.0 Å². The van der Waals surface area contributed by atoms with Crippen LogP contribution in [0.4, 0.5) is 4.39 Å². The number of thiophene rings is 1. The van der Waals surface area contributed by atoms with Gasteiger partial charge in [0.1, 0.15) is 5.82 Å². The second kappa shape index (κ2) is 4.00. The molecule has 0 fully saturated rings. The third-order valence-electron chi connectivity index (χ3n) is 2.89. The van der Waals surface area contributed by atoms with Gasteiger partial charge in [0, 0.05) is 21.9 Å². The summed E-state index contributed by atoms with van der Waals surface area (Å²) in [6, 6.07) is 9.12. The molecule has 0 radical (unpaired) electrons. The van der Waals surface area contributed by atoms with Crippen LogP contribution in [0.2, 0.25) is 0 Å². The summed E-state index contributed by atoms with van der Waals surface area (Å²) < 4.78 is 13.6. The number of halogens is 1. The first-order valence-corrected chi connectivity index (χ1v) is 6.23. The summed E-state index contributed by atoms with van der Waals surface area (Å²) in [4.78, 5) is 2.40. The van der Waals surface area contributed by atoms with Gasteiger partial charge in [0.15, 0.2) is 0 Å². The molecule has 82 valence electrons. The van der Waals surface area contributed by atoms with E-state index in [4.69, 9.17) is 0 Å². The average Bonchev–Trinajstić information content (AvgIpc) is 2.73. The minimum Gasteiger partial charge on any atom is -0.312 e. The van der Waals surface area contributed by atoms with Crippen LogP contribution in [0.1, 0.15) is 10.4 Å². The van der Waals surface area contributed by atoms with E-state index >= 15 is 0 Å². The summed E-state index contributed by atoms with van der Waals surface area (Å²) >= 11 is 1.70. The Bertz CT molecular complexity index is 495. The fourth-order valence-corrected chi connectivity index (χ4v) is 3.25. The van der Waals surface area contributed by atoms with Gasteiger partial charge in [-0.2, -0.15) is 0 Å². The van der Waals surface area contributed by atoms with Crippen molar-refractivity contribution in [1.82, 2.24) is 5.32 Å². The first-order chi connectivity index (χ1) is 7.84. The fraction of sp³-hybridized carbons (Fsp3) is 0.231. The predicted molar refractivity (Wildman–Crippen MR) is 65.1 cm³/mol. The molecule has 2 heterocycles. The largest absolute Gasteiger partial charge is 0.312 e. The molecule has 1 aliphatic rings. The van der Waals surface area contributed by atoms with Crippen molar-refractivity contribution in [2.24, 2.45) is 0 Å². The van der Waals surface area contributed by atoms with E-state index < -0.39 is 0 Å². The topological polar surface area (TPSA) is 12.0 Å². The molecule has 1 nitrogen and oxygen atoms in total. The van der Waals surface area contributed by atoms with Gasteiger partial charge in [0.05, 0.1) is 0 Å². The summed E-state index contributed by atoms with van der Waals surface area (Å²) in [5.41, 5.74) is 2.10. The van der Waals surface area contributed by atoms with Gasteiger partial charge in [-0.3, -0.25) is 0 Å². The van der Waals surface area contributed by atoms with Gasteiger partial charge in [-0.15, -0.1) is 11.3 Å². The number of nitrogens with one attached hydrogen (secondary N) is 1. The van der Waals surface area contributed by atoms with E-state index in [2.05, 4.69) is 11.4 Å². The van der Waals surface area contributed by atoms with Crippen LogP contribution < -0.4 is 5.32 Å².